The Kier molecular flexibility index (Phi) is 7.13. The number of hydrogen-bond donors (Lipinski definition) is 0. The first-order chi connectivity index (χ1) is 7.38. The summed E-state index contributed by atoms with van der Waals surface area (Å²) in [6.45, 7) is 4.66. The molecule has 1 aliphatic carbocycles. The molecule has 0 N–H and O–H groups in total. The minimum Gasteiger partial charge on any atom is -0.0654 e. The highest BCUT2D eigenvalue weighted by Crippen LogP contribution is 2.36. The zero-order chi connectivity index (χ0) is 10.9. The lowest BCUT2D eigenvalue weighted by Crippen LogP contribution is -2.19. The largest absolute Gasteiger partial charge is 0.0654 e. The summed E-state index contributed by atoms with van der Waals surface area (Å²) in [7, 11) is 0. The van der Waals surface area contributed by atoms with Gasteiger partial charge >= 0.3 is 0 Å². The van der Waals surface area contributed by atoms with E-state index < -0.39 is 0 Å². The van der Waals surface area contributed by atoms with Gasteiger partial charge in [0.15, 0.2) is 0 Å². The van der Waals surface area contributed by atoms with Crippen molar-refractivity contribution in [2.75, 3.05) is 0 Å². The molecule has 0 heteroatoms. The lowest BCUT2D eigenvalue weighted by Gasteiger charge is -2.31. The summed E-state index contributed by atoms with van der Waals surface area (Å²) in [5.41, 5.74) is 0. The predicted octanol–water partition coefficient (Wildman–Crippen LogP) is 5.56. The van der Waals surface area contributed by atoms with Crippen LogP contribution in [0.5, 0.6) is 0 Å². The van der Waals surface area contributed by atoms with E-state index in [0.717, 1.165) is 11.8 Å². The van der Waals surface area contributed by atoms with Crippen LogP contribution in [0.25, 0.3) is 0 Å². The molecular formula is C15H30. The zero-order valence-electron chi connectivity index (χ0n) is 10.9. The van der Waals surface area contributed by atoms with Crippen LogP contribution in [-0.2, 0) is 0 Å². The summed E-state index contributed by atoms with van der Waals surface area (Å²) < 4.78 is 0. The topological polar surface area (TPSA) is 0 Å². The number of unbranched alkanes of at least 4 members (excludes halogenated alkanes) is 3. The van der Waals surface area contributed by atoms with E-state index in [0.29, 0.717) is 0 Å². The highest BCUT2D eigenvalue weighted by atomic mass is 14.3. The molecule has 15 heavy (non-hydrogen) atoms. The maximum atomic E-state index is 2.35. The smallest absolute Gasteiger partial charge is 0.0386 e. The van der Waals surface area contributed by atoms with Gasteiger partial charge in [-0.3, -0.25) is 0 Å². The Balaban J connectivity index is 2.17. The Morgan fingerprint density at radius 3 is 2.00 bits per heavy atom. The number of hydrogen-bond acceptors (Lipinski definition) is 0. The quantitative estimate of drug-likeness (QED) is 0.482. The Morgan fingerprint density at radius 2 is 1.40 bits per heavy atom. The minimum atomic E-state index is 1.09. The molecule has 2 atom stereocenters. The second-order valence-electron chi connectivity index (χ2n) is 5.44. The van der Waals surface area contributed by atoms with Crippen molar-refractivity contribution < 1.29 is 0 Å². The molecule has 1 fully saturated rings. The van der Waals surface area contributed by atoms with Gasteiger partial charge in [-0.25, -0.2) is 0 Å². The SMILES string of the molecule is CCCCCCC1CCCC[C@@H]1CCC. The lowest BCUT2D eigenvalue weighted by atomic mass is 9.75. The van der Waals surface area contributed by atoms with Gasteiger partial charge in [0.2, 0.25) is 0 Å². The first-order valence-corrected chi connectivity index (χ1v) is 7.38. The van der Waals surface area contributed by atoms with Gasteiger partial charge in [0.1, 0.15) is 0 Å². The lowest BCUT2D eigenvalue weighted by molar-refractivity contribution is 0.205. The maximum absolute atomic E-state index is 2.35. The van der Waals surface area contributed by atoms with Gasteiger partial charge in [-0.15, -0.1) is 0 Å². The van der Waals surface area contributed by atoms with Crippen molar-refractivity contribution in [3.63, 3.8) is 0 Å². The third-order valence-corrected chi connectivity index (χ3v) is 4.15. The minimum absolute atomic E-state index is 1.09. The van der Waals surface area contributed by atoms with E-state index in [-0.39, 0.29) is 0 Å². The molecule has 0 heterocycles. The molecule has 0 spiro atoms. The molecule has 0 aromatic heterocycles. The fourth-order valence-electron chi connectivity index (χ4n) is 3.25. The summed E-state index contributed by atoms with van der Waals surface area (Å²) >= 11 is 0. The first-order valence-electron chi connectivity index (χ1n) is 7.38. The summed E-state index contributed by atoms with van der Waals surface area (Å²) in [5.74, 6) is 2.18. The summed E-state index contributed by atoms with van der Waals surface area (Å²) in [5, 5.41) is 0. The van der Waals surface area contributed by atoms with Crippen molar-refractivity contribution in [3.8, 4) is 0 Å². The third kappa shape index (κ3) is 5.04. The fourth-order valence-corrected chi connectivity index (χ4v) is 3.25. The van der Waals surface area contributed by atoms with Crippen molar-refractivity contribution in [1.29, 1.82) is 0 Å². The molecule has 0 bridgehead atoms. The Bertz CT molecular complexity index is 137. The van der Waals surface area contributed by atoms with Gasteiger partial charge < -0.3 is 0 Å². The normalized spacial score (nSPS) is 26.8. The van der Waals surface area contributed by atoms with Gasteiger partial charge in [-0.05, 0) is 11.8 Å². The summed E-state index contributed by atoms with van der Waals surface area (Å²) in [6.07, 6.45) is 16.3. The molecule has 90 valence electrons. The van der Waals surface area contributed by atoms with Crippen LogP contribution in [0.1, 0.15) is 84.5 Å². The van der Waals surface area contributed by atoms with Gasteiger partial charge in [0.25, 0.3) is 0 Å². The van der Waals surface area contributed by atoms with E-state index in [4.69, 9.17) is 0 Å². The van der Waals surface area contributed by atoms with E-state index in [2.05, 4.69) is 13.8 Å². The van der Waals surface area contributed by atoms with Crippen molar-refractivity contribution >= 4 is 0 Å². The van der Waals surface area contributed by atoms with Crippen LogP contribution in [0.15, 0.2) is 0 Å². The average molecular weight is 210 g/mol. The molecule has 1 rings (SSSR count). The van der Waals surface area contributed by atoms with Crippen LogP contribution in [-0.4, -0.2) is 0 Å². The molecule has 0 saturated heterocycles. The van der Waals surface area contributed by atoms with Crippen molar-refractivity contribution in [2.45, 2.75) is 84.5 Å². The third-order valence-electron chi connectivity index (χ3n) is 4.15. The zero-order valence-corrected chi connectivity index (χ0v) is 10.9. The van der Waals surface area contributed by atoms with Crippen LogP contribution in [0.4, 0.5) is 0 Å². The average Bonchev–Trinajstić information content (AvgIpc) is 2.27. The fraction of sp³-hybridized carbons (Fsp3) is 1.00. The number of rotatable bonds is 7. The van der Waals surface area contributed by atoms with Crippen molar-refractivity contribution in [2.24, 2.45) is 11.8 Å². The molecule has 1 unspecified atom stereocenters. The molecule has 0 aromatic carbocycles. The van der Waals surface area contributed by atoms with E-state index in [9.17, 15) is 0 Å². The molecular weight excluding hydrogens is 180 g/mol. The van der Waals surface area contributed by atoms with Crippen LogP contribution >= 0.6 is 0 Å². The highest BCUT2D eigenvalue weighted by Gasteiger charge is 2.23. The van der Waals surface area contributed by atoms with Crippen molar-refractivity contribution in [1.82, 2.24) is 0 Å². The highest BCUT2D eigenvalue weighted by molar-refractivity contribution is 4.75. The monoisotopic (exact) mass is 210 g/mol. The Morgan fingerprint density at radius 1 is 0.733 bits per heavy atom. The first kappa shape index (κ1) is 13.1. The van der Waals surface area contributed by atoms with Gasteiger partial charge in [-0.1, -0.05) is 84.5 Å². The molecule has 1 saturated carbocycles. The molecule has 1 aliphatic rings. The summed E-state index contributed by atoms with van der Waals surface area (Å²) in [4.78, 5) is 0. The van der Waals surface area contributed by atoms with Crippen LogP contribution in [0.3, 0.4) is 0 Å². The van der Waals surface area contributed by atoms with Crippen molar-refractivity contribution in [3.05, 3.63) is 0 Å². The van der Waals surface area contributed by atoms with Gasteiger partial charge in [-0.2, -0.15) is 0 Å². The Hall–Kier alpha value is 0. The predicted molar refractivity (Wildman–Crippen MR) is 69.1 cm³/mol. The van der Waals surface area contributed by atoms with Crippen LogP contribution in [0.2, 0.25) is 0 Å². The van der Waals surface area contributed by atoms with E-state index in [1.165, 1.54) is 70.6 Å². The molecule has 0 amide bonds. The molecule has 0 aromatic rings. The molecule has 0 aliphatic heterocycles. The maximum Gasteiger partial charge on any atom is -0.0386 e. The second-order valence-corrected chi connectivity index (χ2v) is 5.44. The van der Waals surface area contributed by atoms with Crippen LogP contribution in [0, 0.1) is 11.8 Å². The molecule has 0 radical (unpaired) electrons. The van der Waals surface area contributed by atoms with E-state index >= 15 is 0 Å². The van der Waals surface area contributed by atoms with Gasteiger partial charge in [0, 0.05) is 0 Å². The van der Waals surface area contributed by atoms with Crippen LogP contribution < -0.4 is 0 Å². The standard InChI is InChI=1S/C15H30/c1-3-5-6-7-11-15-13-9-8-12-14(15)10-4-2/h14-15H,3-13H2,1-2H3/t14-,15?/m0/s1. The van der Waals surface area contributed by atoms with E-state index in [1.807, 2.05) is 0 Å². The van der Waals surface area contributed by atoms with Gasteiger partial charge in [0.05, 0.1) is 0 Å². The molecule has 0 nitrogen and oxygen atoms in total. The summed E-state index contributed by atoms with van der Waals surface area (Å²) in [6, 6.07) is 0. The Labute approximate surface area is 96.8 Å². The van der Waals surface area contributed by atoms with E-state index in [1.54, 1.807) is 0 Å². The second kappa shape index (κ2) is 8.19.